The van der Waals surface area contributed by atoms with E-state index in [1.165, 1.54) is 0 Å². The molecule has 0 aliphatic carbocycles. The van der Waals surface area contributed by atoms with Gasteiger partial charge in [-0.1, -0.05) is 12.1 Å². The zero-order valence-corrected chi connectivity index (χ0v) is 9.45. The van der Waals surface area contributed by atoms with Crippen molar-refractivity contribution >= 4 is 23.7 Å². The number of benzene rings is 1. The smallest absolute Gasteiger partial charge is 0.465 e. The van der Waals surface area contributed by atoms with E-state index in [2.05, 4.69) is 4.98 Å². The highest BCUT2D eigenvalue weighted by atomic mass is 16.4. The molecule has 0 spiro atoms. The molecule has 2 N–H and O–H groups in total. The van der Waals surface area contributed by atoms with E-state index in [9.17, 15) is 0 Å². The van der Waals surface area contributed by atoms with Gasteiger partial charge >= 0.3 is 7.12 Å². The molecule has 4 nitrogen and oxygen atoms in total. The molecule has 0 unspecified atom stereocenters. The van der Waals surface area contributed by atoms with Gasteiger partial charge in [0.15, 0.2) is 0 Å². The number of aromatic nitrogens is 1. The van der Waals surface area contributed by atoms with Crippen molar-refractivity contribution in [2.75, 3.05) is 0 Å². The molecule has 3 rings (SSSR count). The van der Waals surface area contributed by atoms with Crippen molar-refractivity contribution in [3.05, 3.63) is 48.8 Å². The van der Waals surface area contributed by atoms with Gasteiger partial charge < -0.3 is 14.5 Å². The Morgan fingerprint density at radius 2 is 1.94 bits per heavy atom. The minimum atomic E-state index is -1.58. The zero-order valence-electron chi connectivity index (χ0n) is 9.45. The quantitative estimate of drug-likeness (QED) is 0.659. The molecule has 0 aliphatic heterocycles. The highest BCUT2D eigenvalue weighted by Gasteiger charge is 2.17. The van der Waals surface area contributed by atoms with Gasteiger partial charge in [0.1, 0.15) is 11.2 Å². The van der Waals surface area contributed by atoms with Crippen LogP contribution in [0.4, 0.5) is 0 Å². The lowest BCUT2D eigenvalue weighted by molar-refractivity contribution is 0.412. The molecule has 0 radical (unpaired) electrons. The first-order chi connectivity index (χ1) is 8.74. The third-order valence-electron chi connectivity index (χ3n) is 2.78. The molecule has 88 valence electrons. The summed E-state index contributed by atoms with van der Waals surface area (Å²) < 4.78 is 5.30. The number of hydrogen-bond acceptors (Lipinski definition) is 4. The minimum Gasteiger partial charge on any atom is -0.465 e. The van der Waals surface area contributed by atoms with E-state index >= 15 is 0 Å². The lowest BCUT2D eigenvalue weighted by atomic mass is 9.88. The van der Waals surface area contributed by atoms with Crippen LogP contribution in [0.2, 0.25) is 0 Å². The van der Waals surface area contributed by atoms with E-state index in [0.717, 1.165) is 16.5 Å². The predicted octanol–water partition coefficient (Wildman–Crippen LogP) is 1.17. The average molecular weight is 239 g/mol. The summed E-state index contributed by atoms with van der Waals surface area (Å²) in [6.45, 7) is 0. The maximum atomic E-state index is 9.06. The number of hydrogen-bond donors (Lipinski definition) is 2. The Bertz CT molecular complexity index is 679. The zero-order chi connectivity index (χ0) is 12.5. The standard InChI is InChI=1S/C13H10BNO3/c16-14(17)13-7-11-6-9(3-4-12(11)18-13)10-2-1-5-15-8-10/h1-8,16-17H. The van der Waals surface area contributed by atoms with Crippen LogP contribution >= 0.6 is 0 Å². The fraction of sp³-hybridized carbons (Fsp3) is 0. The summed E-state index contributed by atoms with van der Waals surface area (Å²) in [6, 6.07) is 11.1. The van der Waals surface area contributed by atoms with Crippen LogP contribution in [0.5, 0.6) is 0 Å². The Morgan fingerprint density at radius 1 is 1.06 bits per heavy atom. The highest BCUT2D eigenvalue weighted by molar-refractivity contribution is 6.57. The summed E-state index contributed by atoms with van der Waals surface area (Å²) in [5.74, 6) is 0. The van der Waals surface area contributed by atoms with Crippen LogP contribution in [0.3, 0.4) is 0 Å². The van der Waals surface area contributed by atoms with Gasteiger partial charge in [-0.3, -0.25) is 4.98 Å². The van der Waals surface area contributed by atoms with Crippen molar-refractivity contribution in [2.24, 2.45) is 0 Å². The van der Waals surface area contributed by atoms with Crippen molar-refractivity contribution in [2.45, 2.75) is 0 Å². The van der Waals surface area contributed by atoms with Gasteiger partial charge in [-0.15, -0.1) is 0 Å². The molecule has 5 heteroatoms. The normalized spacial score (nSPS) is 10.8. The number of nitrogens with zero attached hydrogens (tertiary/aromatic N) is 1. The van der Waals surface area contributed by atoms with Crippen LogP contribution < -0.4 is 5.66 Å². The van der Waals surface area contributed by atoms with E-state index in [-0.39, 0.29) is 5.66 Å². The van der Waals surface area contributed by atoms with E-state index in [1.807, 2.05) is 30.3 Å². The van der Waals surface area contributed by atoms with Gasteiger partial charge in [-0.25, -0.2) is 0 Å². The fourth-order valence-corrected chi connectivity index (χ4v) is 1.90. The van der Waals surface area contributed by atoms with Gasteiger partial charge in [-0.2, -0.15) is 0 Å². The predicted molar refractivity (Wildman–Crippen MR) is 69.3 cm³/mol. The first-order valence-electron chi connectivity index (χ1n) is 5.54. The monoisotopic (exact) mass is 239 g/mol. The third-order valence-corrected chi connectivity index (χ3v) is 2.78. The van der Waals surface area contributed by atoms with E-state index in [4.69, 9.17) is 14.5 Å². The van der Waals surface area contributed by atoms with Crippen LogP contribution in [0.1, 0.15) is 0 Å². The van der Waals surface area contributed by atoms with Crippen LogP contribution in [-0.4, -0.2) is 22.2 Å². The summed E-state index contributed by atoms with van der Waals surface area (Å²) in [5, 5.41) is 19.0. The van der Waals surface area contributed by atoms with E-state index in [0.29, 0.717) is 5.58 Å². The Labute approximate surface area is 104 Å². The Hall–Kier alpha value is -2.11. The largest absolute Gasteiger partial charge is 0.526 e. The SMILES string of the molecule is OB(O)c1cc2cc(-c3cccnc3)ccc2o1. The number of rotatable bonds is 2. The lowest BCUT2D eigenvalue weighted by Crippen LogP contribution is -2.27. The summed E-state index contributed by atoms with van der Waals surface area (Å²) in [6.07, 6.45) is 3.50. The lowest BCUT2D eigenvalue weighted by Gasteiger charge is -1.99. The van der Waals surface area contributed by atoms with Gasteiger partial charge in [0, 0.05) is 23.3 Å². The Kier molecular flexibility index (Phi) is 2.62. The van der Waals surface area contributed by atoms with Gasteiger partial charge in [0.2, 0.25) is 0 Å². The molecule has 0 fully saturated rings. The molecule has 0 amide bonds. The van der Waals surface area contributed by atoms with Gasteiger partial charge in [-0.05, 0) is 29.8 Å². The van der Waals surface area contributed by atoms with Crippen LogP contribution in [0, 0.1) is 0 Å². The highest BCUT2D eigenvalue weighted by Crippen LogP contribution is 2.23. The topological polar surface area (TPSA) is 66.5 Å². The van der Waals surface area contributed by atoms with Gasteiger partial charge in [0.05, 0.1) is 0 Å². The fourth-order valence-electron chi connectivity index (χ4n) is 1.90. The molecule has 2 heterocycles. The first kappa shape index (κ1) is 11.0. The molecular weight excluding hydrogens is 229 g/mol. The minimum absolute atomic E-state index is 0.147. The van der Waals surface area contributed by atoms with Crippen molar-refractivity contribution in [3.8, 4) is 11.1 Å². The number of pyridine rings is 1. The maximum Gasteiger partial charge on any atom is 0.526 e. The molecule has 0 saturated heterocycles. The summed E-state index contributed by atoms with van der Waals surface area (Å²) in [4.78, 5) is 4.07. The molecule has 0 bridgehead atoms. The van der Waals surface area contributed by atoms with Crippen molar-refractivity contribution in [3.63, 3.8) is 0 Å². The summed E-state index contributed by atoms with van der Waals surface area (Å²) in [5.41, 5.74) is 2.79. The molecule has 0 atom stereocenters. The molecule has 1 aromatic carbocycles. The summed E-state index contributed by atoms with van der Waals surface area (Å²) >= 11 is 0. The molecule has 2 aromatic heterocycles. The maximum absolute atomic E-state index is 9.06. The summed E-state index contributed by atoms with van der Waals surface area (Å²) in [7, 11) is -1.58. The van der Waals surface area contributed by atoms with Crippen molar-refractivity contribution < 1.29 is 14.5 Å². The second-order valence-corrected chi connectivity index (χ2v) is 4.02. The Morgan fingerprint density at radius 3 is 2.67 bits per heavy atom. The van der Waals surface area contributed by atoms with Crippen LogP contribution in [-0.2, 0) is 0 Å². The molecule has 0 aliphatic rings. The second kappa shape index (κ2) is 4.29. The molecule has 3 aromatic rings. The van der Waals surface area contributed by atoms with Gasteiger partial charge in [0.25, 0.3) is 0 Å². The van der Waals surface area contributed by atoms with E-state index < -0.39 is 7.12 Å². The van der Waals surface area contributed by atoms with E-state index in [1.54, 1.807) is 18.5 Å². The molecule has 0 saturated carbocycles. The number of fused-ring (bicyclic) bond motifs is 1. The molecular formula is C13H10BNO3. The molecule has 18 heavy (non-hydrogen) atoms. The van der Waals surface area contributed by atoms with Crippen molar-refractivity contribution in [1.82, 2.24) is 4.98 Å². The van der Waals surface area contributed by atoms with Crippen molar-refractivity contribution in [1.29, 1.82) is 0 Å². The first-order valence-corrected chi connectivity index (χ1v) is 5.54. The van der Waals surface area contributed by atoms with Crippen LogP contribution in [0.15, 0.2) is 53.2 Å². The van der Waals surface area contributed by atoms with Crippen LogP contribution in [0.25, 0.3) is 22.1 Å². The third kappa shape index (κ3) is 1.90. The number of furan rings is 1. The second-order valence-electron chi connectivity index (χ2n) is 4.02. The average Bonchev–Trinajstić information content (AvgIpc) is 2.82. The Balaban J connectivity index is 2.11.